The summed E-state index contributed by atoms with van der Waals surface area (Å²) in [6, 6.07) is 0. The van der Waals surface area contributed by atoms with Crippen molar-refractivity contribution in [1.82, 2.24) is 4.98 Å². The summed E-state index contributed by atoms with van der Waals surface area (Å²) in [4.78, 5) is 37.0. The molecule has 5 nitrogen and oxygen atoms in total. The summed E-state index contributed by atoms with van der Waals surface area (Å²) >= 11 is 4.19. The van der Waals surface area contributed by atoms with Gasteiger partial charge in [0.15, 0.2) is 10.8 Å². The lowest BCUT2D eigenvalue weighted by Crippen LogP contribution is -2.19. The number of halogens is 1. The van der Waals surface area contributed by atoms with Gasteiger partial charge in [0.05, 0.1) is 13.5 Å². The maximum atomic E-state index is 11.4. The highest BCUT2D eigenvalue weighted by Crippen LogP contribution is 2.16. The minimum Gasteiger partial charge on any atom is -0.463 e. The first-order valence-electron chi connectivity index (χ1n) is 3.80. The molecule has 0 fully saturated rings. The third kappa shape index (κ3) is 3.21. The van der Waals surface area contributed by atoms with Crippen LogP contribution in [0.2, 0.25) is 0 Å². The van der Waals surface area contributed by atoms with Crippen LogP contribution in [-0.4, -0.2) is 29.6 Å². The van der Waals surface area contributed by atoms with Crippen molar-refractivity contribution in [2.24, 2.45) is 0 Å². The molecule has 0 aliphatic carbocycles. The topological polar surface area (TPSA) is 73.3 Å². The molecule has 80 valence electrons. The maximum absolute atomic E-state index is 11.4. The van der Waals surface area contributed by atoms with Gasteiger partial charge in [0.2, 0.25) is 5.78 Å². The van der Waals surface area contributed by atoms with Crippen LogP contribution in [0.1, 0.15) is 16.2 Å². The van der Waals surface area contributed by atoms with Gasteiger partial charge in [-0.25, -0.2) is 9.78 Å². The molecule has 1 rings (SSSR count). The van der Waals surface area contributed by atoms with Gasteiger partial charge in [-0.15, -0.1) is 11.3 Å². The molecule has 15 heavy (non-hydrogen) atoms. The number of ketones is 2. The second-order valence-electron chi connectivity index (χ2n) is 2.49. The predicted octanol–water partition coefficient (Wildman–Crippen LogP) is 1.22. The molecule has 0 atom stereocenters. The fourth-order valence-electron chi connectivity index (χ4n) is 0.790. The number of rotatable bonds is 4. The van der Waals surface area contributed by atoms with E-state index in [9.17, 15) is 14.4 Å². The van der Waals surface area contributed by atoms with E-state index in [2.05, 4.69) is 25.7 Å². The Morgan fingerprint density at radius 1 is 1.53 bits per heavy atom. The van der Waals surface area contributed by atoms with E-state index >= 15 is 0 Å². The molecule has 1 heterocycles. The van der Waals surface area contributed by atoms with E-state index in [1.807, 2.05) is 0 Å². The van der Waals surface area contributed by atoms with Gasteiger partial charge >= 0.3 is 5.97 Å². The average molecular weight is 292 g/mol. The highest BCUT2D eigenvalue weighted by Gasteiger charge is 2.21. The third-order valence-electron chi connectivity index (χ3n) is 1.45. The van der Waals surface area contributed by atoms with E-state index in [-0.39, 0.29) is 5.01 Å². The molecular formula is C8H6BrNO4S. The minimum atomic E-state index is -1.01. The molecule has 0 saturated heterocycles. The number of Topliss-reactive ketones (excluding diaryl/α,β-unsaturated/α-hetero) is 2. The maximum Gasteiger partial charge on any atom is 0.374 e. The van der Waals surface area contributed by atoms with E-state index in [1.54, 1.807) is 5.38 Å². The van der Waals surface area contributed by atoms with Gasteiger partial charge in [0.1, 0.15) is 4.60 Å². The van der Waals surface area contributed by atoms with Gasteiger partial charge in [0.25, 0.3) is 0 Å². The van der Waals surface area contributed by atoms with Crippen molar-refractivity contribution < 1.29 is 19.1 Å². The Morgan fingerprint density at radius 3 is 2.67 bits per heavy atom. The first-order chi connectivity index (χ1) is 7.04. The van der Waals surface area contributed by atoms with Gasteiger partial charge in [-0.05, 0) is 15.9 Å². The number of thiazole rings is 1. The largest absolute Gasteiger partial charge is 0.463 e. The quantitative estimate of drug-likeness (QED) is 0.361. The van der Waals surface area contributed by atoms with Crippen molar-refractivity contribution >= 4 is 44.8 Å². The Bertz CT molecular complexity index is 415. The van der Waals surface area contributed by atoms with Crippen LogP contribution < -0.4 is 0 Å². The van der Waals surface area contributed by atoms with Gasteiger partial charge in [-0.2, -0.15) is 0 Å². The fourth-order valence-corrected chi connectivity index (χ4v) is 1.98. The molecular weight excluding hydrogens is 286 g/mol. The number of ether oxygens (including phenoxy) is 1. The van der Waals surface area contributed by atoms with Crippen molar-refractivity contribution in [3.8, 4) is 0 Å². The van der Waals surface area contributed by atoms with Gasteiger partial charge in [0, 0.05) is 5.38 Å². The SMILES string of the molecule is COC(=O)C(=O)CC(=O)c1nc(Br)cs1. The number of methoxy groups -OCH3 is 1. The number of esters is 1. The molecule has 0 N–H and O–H groups in total. The van der Waals surface area contributed by atoms with Crippen LogP contribution in [-0.2, 0) is 14.3 Å². The van der Waals surface area contributed by atoms with E-state index in [0.29, 0.717) is 4.60 Å². The molecule has 0 spiro atoms. The minimum absolute atomic E-state index is 0.194. The van der Waals surface area contributed by atoms with Crippen molar-refractivity contribution in [3.63, 3.8) is 0 Å². The molecule has 0 saturated carbocycles. The van der Waals surface area contributed by atoms with Gasteiger partial charge in [-0.1, -0.05) is 0 Å². The fraction of sp³-hybridized carbons (Fsp3) is 0.250. The number of aromatic nitrogens is 1. The molecule has 0 aliphatic heterocycles. The lowest BCUT2D eigenvalue weighted by atomic mass is 10.2. The predicted molar refractivity (Wildman–Crippen MR) is 55.8 cm³/mol. The Morgan fingerprint density at radius 2 is 2.20 bits per heavy atom. The number of carbonyl (C=O) groups is 3. The lowest BCUT2D eigenvalue weighted by Gasteiger charge is -1.95. The van der Waals surface area contributed by atoms with Crippen molar-refractivity contribution in [2.45, 2.75) is 6.42 Å². The third-order valence-corrected chi connectivity index (χ3v) is 3.04. The summed E-state index contributed by atoms with van der Waals surface area (Å²) in [5.74, 6) is -2.37. The van der Waals surface area contributed by atoms with Crippen molar-refractivity contribution in [2.75, 3.05) is 7.11 Å². The van der Waals surface area contributed by atoms with Crippen LogP contribution in [0, 0.1) is 0 Å². The zero-order valence-corrected chi connectivity index (χ0v) is 10.1. The first kappa shape index (κ1) is 12.0. The van der Waals surface area contributed by atoms with Crippen LogP contribution >= 0.6 is 27.3 Å². The Hall–Kier alpha value is -1.08. The van der Waals surface area contributed by atoms with Crippen molar-refractivity contribution in [1.29, 1.82) is 0 Å². The monoisotopic (exact) mass is 291 g/mol. The van der Waals surface area contributed by atoms with E-state index in [0.717, 1.165) is 18.4 Å². The molecule has 7 heteroatoms. The van der Waals surface area contributed by atoms with Gasteiger partial charge in [-0.3, -0.25) is 9.59 Å². The van der Waals surface area contributed by atoms with Crippen LogP contribution in [0.3, 0.4) is 0 Å². The first-order valence-corrected chi connectivity index (χ1v) is 5.47. The van der Waals surface area contributed by atoms with Crippen LogP contribution in [0.15, 0.2) is 9.98 Å². The number of hydrogen-bond acceptors (Lipinski definition) is 6. The average Bonchev–Trinajstić information content (AvgIpc) is 2.63. The normalized spacial score (nSPS) is 9.73. The van der Waals surface area contributed by atoms with Crippen molar-refractivity contribution in [3.05, 3.63) is 15.0 Å². The van der Waals surface area contributed by atoms with E-state index in [4.69, 9.17) is 0 Å². The summed E-state index contributed by atoms with van der Waals surface area (Å²) in [5.41, 5.74) is 0. The lowest BCUT2D eigenvalue weighted by molar-refractivity contribution is -0.151. The van der Waals surface area contributed by atoms with Gasteiger partial charge < -0.3 is 4.74 Å². The molecule has 1 aromatic rings. The zero-order chi connectivity index (χ0) is 11.4. The molecule has 1 aromatic heterocycles. The smallest absolute Gasteiger partial charge is 0.374 e. The molecule has 0 aliphatic rings. The highest BCUT2D eigenvalue weighted by molar-refractivity contribution is 9.10. The molecule has 0 radical (unpaired) electrons. The zero-order valence-electron chi connectivity index (χ0n) is 7.65. The summed E-state index contributed by atoms with van der Waals surface area (Å²) in [5, 5.41) is 1.81. The van der Waals surface area contributed by atoms with E-state index in [1.165, 1.54) is 0 Å². The standard InChI is InChI=1S/C8H6BrNO4S/c1-14-8(13)5(12)2-4(11)7-10-6(9)3-15-7/h3H,2H2,1H3. The highest BCUT2D eigenvalue weighted by atomic mass is 79.9. The second kappa shape index (κ2) is 5.13. The summed E-state index contributed by atoms with van der Waals surface area (Å²) < 4.78 is 4.72. The number of nitrogens with zero attached hydrogens (tertiary/aromatic N) is 1. The van der Waals surface area contributed by atoms with Crippen LogP contribution in [0.5, 0.6) is 0 Å². The molecule has 0 bridgehead atoms. The molecule has 0 aromatic carbocycles. The summed E-state index contributed by atoms with van der Waals surface area (Å²) in [7, 11) is 1.09. The molecule has 0 unspecified atom stereocenters. The number of hydrogen-bond donors (Lipinski definition) is 0. The second-order valence-corrected chi connectivity index (χ2v) is 4.16. The van der Waals surface area contributed by atoms with Crippen LogP contribution in [0.25, 0.3) is 0 Å². The summed E-state index contributed by atoms with van der Waals surface area (Å²) in [6.45, 7) is 0. The van der Waals surface area contributed by atoms with E-state index < -0.39 is 24.0 Å². The molecule has 0 amide bonds. The number of carbonyl (C=O) groups excluding carboxylic acids is 3. The Balaban J connectivity index is 2.64. The Labute approximate surface area is 97.6 Å². The summed E-state index contributed by atoms with van der Waals surface area (Å²) in [6.07, 6.45) is -0.507. The van der Waals surface area contributed by atoms with Crippen LogP contribution in [0.4, 0.5) is 0 Å². The Kier molecular flexibility index (Phi) is 4.10.